The zero-order chi connectivity index (χ0) is 13.1. The topological polar surface area (TPSA) is 46.5 Å². The van der Waals surface area contributed by atoms with E-state index in [2.05, 4.69) is 4.99 Å². The summed E-state index contributed by atoms with van der Waals surface area (Å²) in [4.78, 5) is 27.1. The summed E-state index contributed by atoms with van der Waals surface area (Å²) in [7, 11) is 0. The molecule has 0 heterocycles. The zero-order valence-corrected chi connectivity index (χ0v) is 10.4. The van der Waals surface area contributed by atoms with E-state index in [-0.39, 0.29) is 16.7 Å². The highest BCUT2D eigenvalue weighted by Crippen LogP contribution is 2.18. The molecule has 0 aromatic heterocycles. The molecule has 4 heteroatoms. The Bertz CT molecular complexity index is 573. The van der Waals surface area contributed by atoms with Gasteiger partial charge in [0.15, 0.2) is 5.78 Å². The molecule has 18 heavy (non-hydrogen) atoms. The number of aliphatic imine (C=N–C) groups is 1. The first-order chi connectivity index (χ1) is 8.58. The van der Waals surface area contributed by atoms with Crippen LogP contribution in [-0.4, -0.2) is 17.4 Å². The van der Waals surface area contributed by atoms with Crippen LogP contribution in [0, 0.1) is 0 Å². The standard InChI is InChI=1S/C14H10ClNO2/c1-9-7-11(17)8-12(15)13(9)16-14(18)10-5-3-2-4-6-10/h2-8H,1H3. The summed E-state index contributed by atoms with van der Waals surface area (Å²) in [5.41, 5.74) is 1.43. The normalized spacial score (nSPS) is 17.4. The minimum absolute atomic E-state index is 0.191. The molecule has 1 aliphatic carbocycles. The van der Waals surface area contributed by atoms with Crippen LogP contribution in [0.4, 0.5) is 0 Å². The number of hydrogen-bond donors (Lipinski definition) is 0. The molecule has 90 valence electrons. The first-order valence-corrected chi connectivity index (χ1v) is 5.74. The number of carbonyl (C=O) groups is 2. The van der Waals surface area contributed by atoms with Gasteiger partial charge in [-0.1, -0.05) is 29.8 Å². The number of rotatable bonds is 1. The Morgan fingerprint density at radius 1 is 1.17 bits per heavy atom. The Balaban J connectivity index is 2.35. The molecule has 0 atom stereocenters. The fourth-order valence-electron chi connectivity index (χ4n) is 1.59. The van der Waals surface area contributed by atoms with Crippen molar-refractivity contribution in [3.63, 3.8) is 0 Å². The third-order valence-corrected chi connectivity index (χ3v) is 2.75. The van der Waals surface area contributed by atoms with Crippen molar-refractivity contribution in [2.75, 3.05) is 0 Å². The van der Waals surface area contributed by atoms with E-state index in [4.69, 9.17) is 11.6 Å². The van der Waals surface area contributed by atoms with Gasteiger partial charge in [-0.3, -0.25) is 9.59 Å². The molecule has 0 saturated carbocycles. The quantitative estimate of drug-likeness (QED) is 0.728. The number of allylic oxidation sites excluding steroid dienone is 4. The van der Waals surface area contributed by atoms with Gasteiger partial charge in [-0.25, -0.2) is 4.99 Å². The lowest BCUT2D eigenvalue weighted by molar-refractivity contribution is -0.110. The highest BCUT2D eigenvalue weighted by molar-refractivity contribution is 6.49. The summed E-state index contributed by atoms with van der Waals surface area (Å²) in [5.74, 6) is -0.567. The first-order valence-electron chi connectivity index (χ1n) is 5.36. The monoisotopic (exact) mass is 259 g/mol. The van der Waals surface area contributed by atoms with Gasteiger partial charge in [0.1, 0.15) is 0 Å². The molecule has 1 aromatic rings. The van der Waals surface area contributed by atoms with Crippen molar-refractivity contribution < 1.29 is 9.59 Å². The van der Waals surface area contributed by atoms with Crippen LogP contribution in [0.15, 0.2) is 58.1 Å². The van der Waals surface area contributed by atoms with Crippen LogP contribution in [0.5, 0.6) is 0 Å². The average molecular weight is 260 g/mol. The Morgan fingerprint density at radius 3 is 2.44 bits per heavy atom. The second kappa shape index (κ2) is 5.10. The molecule has 0 unspecified atom stereocenters. The van der Waals surface area contributed by atoms with Crippen molar-refractivity contribution in [2.45, 2.75) is 6.92 Å². The van der Waals surface area contributed by atoms with Crippen LogP contribution in [0.3, 0.4) is 0 Å². The van der Waals surface area contributed by atoms with Gasteiger partial charge >= 0.3 is 0 Å². The third-order valence-electron chi connectivity index (χ3n) is 2.46. The Labute approximate surface area is 109 Å². The molecular formula is C14H10ClNO2. The van der Waals surface area contributed by atoms with Crippen LogP contribution in [0.2, 0.25) is 0 Å². The van der Waals surface area contributed by atoms with E-state index in [0.29, 0.717) is 16.8 Å². The number of halogens is 1. The van der Waals surface area contributed by atoms with E-state index < -0.39 is 0 Å². The summed E-state index contributed by atoms with van der Waals surface area (Å²) in [5, 5.41) is 0.198. The van der Waals surface area contributed by atoms with Crippen molar-refractivity contribution in [3.05, 3.63) is 58.7 Å². The highest BCUT2D eigenvalue weighted by Gasteiger charge is 2.16. The molecule has 1 aliphatic rings. The second-order valence-corrected chi connectivity index (χ2v) is 4.26. The van der Waals surface area contributed by atoms with E-state index in [0.717, 1.165) is 0 Å². The summed E-state index contributed by atoms with van der Waals surface area (Å²) in [6.45, 7) is 1.70. The van der Waals surface area contributed by atoms with Crippen molar-refractivity contribution in [3.8, 4) is 0 Å². The smallest absolute Gasteiger partial charge is 0.277 e. The summed E-state index contributed by atoms with van der Waals surface area (Å²) < 4.78 is 0. The number of hydrogen-bond acceptors (Lipinski definition) is 2. The maximum atomic E-state index is 11.9. The lowest BCUT2D eigenvalue weighted by atomic mass is 10.0. The van der Waals surface area contributed by atoms with Crippen LogP contribution < -0.4 is 0 Å². The molecule has 0 aliphatic heterocycles. The number of nitrogens with zero attached hydrogens (tertiary/aromatic N) is 1. The van der Waals surface area contributed by atoms with Crippen LogP contribution >= 0.6 is 11.6 Å². The van der Waals surface area contributed by atoms with Gasteiger partial charge in [0.2, 0.25) is 0 Å². The van der Waals surface area contributed by atoms with Crippen LogP contribution in [0.25, 0.3) is 0 Å². The molecule has 0 radical (unpaired) electrons. The lowest BCUT2D eigenvalue weighted by Crippen LogP contribution is -2.12. The summed E-state index contributed by atoms with van der Waals surface area (Å²) >= 11 is 5.92. The van der Waals surface area contributed by atoms with Gasteiger partial charge in [-0.15, -0.1) is 0 Å². The van der Waals surface area contributed by atoms with Crippen LogP contribution in [0.1, 0.15) is 17.3 Å². The molecule has 3 nitrogen and oxygen atoms in total. The number of benzene rings is 1. The largest absolute Gasteiger partial charge is 0.290 e. The number of amides is 1. The molecule has 1 aromatic carbocycles. The van der Waals surface area contributed by atoms with Crippen molar-refractivity contribution in [2.24, 2.45) is 4.99 Å². The van der Waals surface area contributed by atoms with Gasteiger partial charge in [0, 0.05) is 11.6 Å². The highest BCUT2D eigenvalue weighted by atomic mass is 35.5. The Morgan fingerprint density at radius 2 is 1.83 bits per heavy atom. The lowest BCUT2D eigenvalue weighted by Gasteiger charge is -2.09. The minimum atomic E-state index is -0.376. The molecule has 0 bridgehead atoms. The van der Waals surface area contributed by atoms with Gasteiger partial charge < -0.3 is 0 Å². The third kappa shape index (κ3) is 2.63. The molecule has 0 spiro atoms. The molecule has 0 fully saturated rings. The summed E-state index contributed by atoms with van der Waals surface area (Å²) in [6.07, 6.45) is 2.66. The zero-order valence-electron chi connectivity index (χ0n) is 9.68. The molecule has 0 N–H and O–H groups in total. The Hall–Kier alpha value is -2.00. The molecular weight excluding hydrogens is 250 g/mol. The van der Waals surface area contributed by atoms with Crippen LogP contribution in [-0.2, 0) is 4.79 Å². The Kier molecular flexibility index (Phi) is 3.53. The van der Waals surface area contributed by atoms with Gasteiger partial charge in [0.25, 0.3) is 5.91 Å². The molecule has 1 amide bonds. The van der Waals surface area contributed by atoms with E-state index >= 15 is 0 Å². The van der Waals surface area contributed by atoms with Crippen molar-refractivity contribution in [1.29, 1.82) is 0 Å². The summed E-state index contributed by atoms with van der Waals surface area (Å²) in [6, 6.07) is 8.70. The first kappa shape index (κ1) is 12.5. The van der Waals surface area contributed by atoms with Gasteiger partial charge in [0.05, 0.1) is 10.7 Å². The number of ketones is 1. The fourth-order valence-corrected chi connectivity index (χ4v) is 1.89. The SMILES string of the molecule is CC1=CC(=O)C=C(Cl)C1=NC(=O)c1ccccc1. The van der Waals surface area contributed by atoms with Gasteiger partial charge in [-0.2, -0.15) is 0 Å². The van der Waals surface area contributed by atoms with Gasteiger partial charge in [-0.05, 0) is 30.7 Å². The van der Waals surface area contributed by atoms with E-state index in [1.807, 2.05) is 6.07 Å². The maximum absolute atomic E-state index is 11.9. The van der Waals surface area contributed by atoms with Crippen molar-refractivity contribution in [1.82, 2.24) is 0 Å². The molecule has 2 rings (SSSR count). The maximum Gasteiger partial charge on any atom is 0.277 e. The van der Waals surface area contributed by atoms with Crippen molar-refractivity contribution >= 4 is 29.0 Å². The predicted molar refractivity (Wildman–Crippen MR) is 70.9 cm³/mol. The van der Waals surface area contributed by atoms with E-state index in [1.54, 1.807) is 31.2 Å². The second-order valence-electron chi connectivity index (χ2n) is 3.85. The fraction of sp³-hybridized carbons (Fsp3) is 0.0714. The van der Waals surface area contributed by atoms with E-state index in [1.165, 1.54) is 12.2 Å². The predicted octanol–water partition coefficient (Wildman–Crippen LogP) is 2.92. The minimum Gasteiger partial charge on any atom is -0.290 e. The average Bonchev–Trinajstić information content (AvgIpc) is 2.34. The molecule has 0 saturated heterocycles. The van der Waals surface area contributed by atoms with E-state index in [9.17, 15) is 9.59 Å². The number of carbonyl (C=O) groups excluding carboxylic acids is 2.